The lowest BCUT2D eigenvalue weighted by atomic mass is 10.1. The number of amides is 1. The zero-order valence-electron chi connectivity index (χ0n) is 12.2. The first-order valence-corrected chi connectivity index (χ1v) is 6.45. The van der Waals surface area contributed by atoms with Gasteiger partial charge in [0.15, 0.2) is 0 Å². The molecule has 0 bridgehead atoms. The fourth-order valence-corrected chi connectivity index (χ4v) is 1.66. The van der Waals surface area contributed by atoms with Crippen LogP contribution in [-0.2, 0) is 16.0 Å². The predicted octanol–water partition coefficient (Wildman–Crippen LogP) is 2.17. The van der Waals surface area contributed by atoms with Gasteiger partial charge in [0, 0.05) is 13.7 Å². The van der Waals surface area contributed by atoms with Crippen LogP contribution in [0.5, 0.6) is 5.75 Å². The van der Waals surface area contributed by atoms with Crippen molar-refractivity contribution in [3.05, 3.63) is 29.8 Å². The second-order valence-electron chi connectivity index (χ2n) is 5.36. The average molecular weight is 265 g/mol. The van der Waals surface area contributed by atoms with Crippen LogP contribution in [0.1, 0.15) is 26.3 Å². The van der Waals surface area contributed by atoms with Crippen LogP contribution in [0.4, 0.5) is 0 Å². The van der Waals surface area contributed by atoms with E-state index in [1.165, 1.54) is 7.11 Å². The van der Waals surface area contributed by atoms with Crippen LogP contribution in [0.15, 0.2) is 24.3 Å². The quantitative estimate of drug-likeness (QED) is 0.857. The average Bonchev–Trinajstić information content (AvgIpc) is 2.30. The summed E-state index contributed by atoms with van der Waals surface area (Å²) in [6.45, 7) is 6.73. The first-order chi connectivity index (χ1) is 8.92. The maximum Gasteiger partial charge on any atom is 0.245 e. The smallest absolute Gasteiger partial charge is 0.245 e. The van der Waals surface area contributed by atoms with Crippen molar-refractivity contribution in [3.63, 3.8) is 0 Å². The monoisotopic (exact) mass is 265 g/mol. The molecule has 19 heavy (non-hydrogen) atoms. The number of hydrogen-bond donors (Lipinski definition) is 1. The topological polar surface area (TPSA) is 47.6 Å². The summed E-state index contributed by atoms with van der Waals surface area (Å²) in [5.74, 6) is 0.771. The van der Waals surface area contributed by atoms with Crippen LogP contribution in [0.2, 0.25) is 0 Å². The number of nitrogens with one attached hydrogen (secondary N) is 1. The highest BCUT2D eigenvalue weighted by atomic mass is 16.5. The van der Waals surface area contributed by atoms with E-state index in [0.717, 1.165) is 17.7 Å². The fourth-order valence-electron chi connectivity index (χ4n) is 1.66. The number of rotatable bonds is 6. The van der Waals surface area contributed by atoms with Crippen molar-refractivity contribution in [2.24, 2.45) is 0 Å². The number of benzene rings is 1. The van der Waals surface area contributed by atoms with Crippen molar-refractivity contribution in [2.45, 2.75) is 32.8 Å². The molecule has 0 unspecified atom stereocenters. The SMILES string of the molecule is COCC(=O)NCCc1ccccc1OC(C)(C)C. The van der Waals surface area contributed by atoms with E-state index in [1.54, 1.807) is 0 Å². The number of methoxy groups -OCH3 is 1. The summed E-state index contributed by atoms with van der Waals surface area (Å²) in [6.07, 6.45) is 0.738. The van der Waals surface area contributed by atoms with Gasteiger partial charge in [0.1, 0.15) is 18.0 Å². The highest BCUT2D eigenvalue weighted by molar-refractivity contribution is 5.77. The van der Waals surface area contributed by atoms with Crippen molar-refractivity contribution in [1.29, 1.82) is 0 Å². The first kappa shape index (κ1) is 15.5. The van der Waals surface area contributed by atoms with E-state index >= 15 is 0 Å². The van der Waals surface area contributed by atoms with Gasteiger partial charge in [0.2, 0.25) is 5.91 Å². The molecule has 106 valence electrons. The summed E-state index contributed by atoms with van der Waals surface area (Å²) in [5.41, 5.74) is 0.866. The highest BCUT2D eigenvalue weighted by Crippen LogP contribution is 2.23. The molecule has 1 aromatic carbocycles. The van der Waals surface area contributed by atoms with Gasteiger partial charge < -0.3 is 14.8 Å². The molecule has 0 aliphatic rings. The van der Waals surface area contributed by atoms with E-state index in [4.69, 9.17) is 9.47 Å². The molecule has 4 heteroatoms. The van der Waals surface area contributed by atoms with Crippen LogP contribution >= 0.6 is 0 Å². The Morgan fingerprint density at radius 3 is 2.58 bits per heavy atom. The van der Waals surface area contributed by atoms with E-state index in [2.05, 4.69) is 5.32 Å². The molecule has 1 N–H and O–H groups in total. The highest BCUT2D eigenvalue weighted by Gasteiger charge is 2.14. The third-order valence-corrected chi connectivity index (χ3v) is 2.38. The van der Waals surface area contributed by atoms with Crippen molar-refractivity contribution >= 4 is 5.91 Å². The minimum Gasteiger partial charge on any atom is -0.488 e. The molecule has 0 aliphatic carbocycles. The van der Waals surface area contributed by atoms with Crippen molar-refractivity contribution in [3.8, 4) is 5.75 Å². The molecular formula is C15H23NO3. The Hall–Kier alpha value is -1.55. The van der Waals surface area contributed by atoms with Crippen molar-refractivity contribution < 1.29 is 14.3 Å². The van der Waals surface area contributed by atoms with Gasteiger partial charge in [0.05, 0.1) is 0 Å². The largest absolute Gasteiger partial charge is 0.488 e. The van der Waals surface area contributed by atoms with Crippen LogP contribution in [0.25, 0.3) is 0 Å². The Bertz CT molecular complexity index is 410. The second kappa shape index (κ2) is 7.14. The number of carbonyl (C=O) groups is 1. The maximum absolute atomic E-state index is 11.3. The van der Waals surface area contributed by atoms with Crippen molar-refractivity contribution in [1.82, 2.24) is 5.32 Å². The molecule has 0 spiro atoms. The first-order valence-electron chi connectivity index (χ1n) is 6.45. The summed E-state index contributed by atoms with van der Waals surface area (Å²) in [5, 5.41) is 2.80. The molecule has 0 aliphatic heterocycles. The fraction of sp³-hybridized carbons (Fsp3) is 0.533. The van der Waals surface area contributed by atoms with Crippen molar-refractivity contribution in [2.75, 3.05) is 20.3 Å². The molecule has 0 fully saturated rings. The van der Waals surface area contributed by atoms with Gasteiger partial charge >= 0.3 is 0 Å². The summed E-state index contributed by atoms with van der Waals surface area (Å²) >= 11 is 0. The maximum atomic E-state index is 11.3. The van der Waals surface area contributed by atoms with Crippen LogP contribution in [-0.4, -0.2) is 31.8 Å². The molecule has 1 rings (SSSR count). The number of carbonyl (C=O) groups excluding carboxylic acids is 1. The van der Waals surface area contributed by atoms with E-state index in [0.29, 0.717) is 6.54 Å². The van der Waals surface area contributed by atoms with Gasteiger partial charge in [-0.25, -0.2) is 0 Å². The molecule has 1 aromatic rings. The summed E-state index contributed by atoms with van der Waals surface area (Å²) in [7, 11) is 1.51. The molecule has 0 aromatic heterocycles. The van der Waals surface area contributed by atoms with Crippen LogP contribution in [0.3, 0.4) is 0 Å². The Morgan fingerprint density at radius 2 is 1.95 bits per heavy atom. The third kappa shape index (κ3) is 6.25. The van der Waals surface area contributed by atoms with E-state index in [9.17, 15) is 4.79 Å². The zero-order chi connectivity index (χ0) is 14.3. The van der Waals surface area contributed by atoms with Crippen LogP contribution < -0.4 is 10.1 Å². The van der Waals surface area contributed by atoms with Gasteiger partial charge in [-0.15, -0.1) is 0 Å². The van der Waals surface area contributed by atoms with Gasteiger partial charge in [-0.05, 0) is 38.8 Å². The predicted molar refractivity (Wildman–Crippen MR) is 75.4 cm³/mol. The molecule has 0 saturated heterocycles. The zero-order valence-corrected chi connectivity index (χ0v) is 12.2. The molecule has 0 atom stereocenters. The Labute approximate surface area is 115 Å². The molecule has 0 radical (unpaired) electrons. The Morgan fingerprint density at radius 1 is 1.26 bits per heavy atom. The van der Waals surface area contributed by atoms with Crippen LogP contribution in [0, 0.1) is 0 Å². The lowest BCUT2D eigenvalue weighted by molar-refractivity contribution is -0.124. The van der Waals surface area contributed by atoms with E-state index < -0.39 is 0 Å². The lowest BCUT2D eigenvalue weighted by Crippen LogP contribution is -2.29. The van der Waals surface area contributed by atoms with Gasteiger partial charge in [-0.2, -0.15) is 0 Å². The molecule has 4 nitrogen and oxygen atoms in total. The number of ether oxygens (including phenoxy) is 2. The Balaban J connectivity index is 2.56. The standard InChI is InChI=1S/C15H23NO3/c1-15(2,3)19-13-8-6-5-7-12(13)9-10-16-14(17)11-18-4/h5-8H,9-11H2,1-4H3,(H,16,17). The Kier molecular flexibility index (Phi) is 5.83. The van der Waals surface area contributed by atoms with E-state index in [-0.39, 0.29) is 18.1 Å². The van der Waals surface area contributed by atoms with Gasteiger partial charge in [0.25, 0.3) is 0 Å². The normalized spacial score (nSPS) is 11.2. The molecule has 0 heterocycles. The summed E-state index contributed by atoms with van der Waals surface area (Å²) in [6, 6.07) is 7.90. The lowest BCUT2D eigenvalue weighted by Gasteiger charge is -2.23. The molecule has 1 amide bonds. The third-order valence-electron chi connectivity index (χ3n) is 2.38. The summed E-state index contributed by atoms with van der Waals surface area (Å²) < 4.78 is 10.7. The molecular weight excluding hydrogens is 242 g/mol. The van der Waals surface area contributed by atoms with Gasteiger partial charge in [-0.3, -0.25) is 4.79 Å². The number of para-hydroxylation sites is 1. The van der Waals surface area contributed by atoms with E-state index in [1.807, 2.05) is 45.0 Å². The summed E-state index contributed by atoms with van der Waals surface area (Å²) in [4.78, 5) is 11.3. The van der Waals surface area contributed by atoms with Gasteiger partial charge in [-0.1, -0.05) is 18.2 Å². The minimum atomic E-state index is -0.227. The second-order valence-corrected chi connectivity index (χ2v) is 5.36. The molecule has 0 saturated carbocycles. The number of hydrogen-bond acceptors (Lipinski definition) is 3. The minimum absolute atomic E-state index is 0.0974.